The third kappa shape index (κ3) is 4.69. The van der Waals surface area contributed by atoms with E-state index in [9.17, 15) is 14.4 Å². The fourth-order valence-electron chi connectivity index (χ4n) is 4.39. The minimum Gasteiger partial charge on any atom is -0.408 e. The van der Waals surface area contributed by atoms with E-state index in [1.807, 2.05) is 49.3 Å². The van der Waals surface area contributed by atoms with E-state index in [-0.39, 0.29) is 11.8 Å². The van der Waals surface area contributed by atoms with Gasteiger partial charge in [-0.05, 0) is 62.6 Å². The van der Waals surface area contributed by atoms with E-state index in [1.165, 1.54) is 4.57 Å². The molecule has 38 heavy (non-hydrogen) atoms. The maximum absolute atomic E-state index is 13.2. The zero-order chi connectivity index (χ0) is 27.1. The molecule has 9 nitrogen and oxygen atoms in total. The molecule has 2 heterocycles. The molecule has 5 rings (SSSR count). The van der Waals surface area contributed by atoms with Crippen molar-refractivity contribution in [3.63, 3.8) is 0 Å². The molecule has 0 bridgehead atoms. The van der Waals surface area contributed by atoms with Crippen LogP contribution >= 0.6 is 11.6 Å². The lowest BCUT2D eigenvalue weighted by Gasteiger charge is -2.20. The van der Waals surface area contributed by atoms with Gasteiger partial charge in [0.15, 0.2) is 5.58 Å². The Morgan fingerprint density at radius 1 is 1.03 bits per heavy atom. The molecule has 1 aliphatic heterocycles. The van der Waals surface area contributed by atoms with Gasteiger partial charge in [-0.15, -0.1) is 0 Å². The van der Waals surface area contributed by atoms with Gasteiger partial charge in [-0.3, -0.25) is 14.2 Å². The van der Waals surface area contributed by atoms with Crippen molar-refractivity contribution >= 4 is 62.8 Å². The molecule has 1 aromatic heterocycles. The lowest BCUT2D eigenvalue weighted by Crippen LogP contribution is -2.34. The Labute approximate surface area is 223 Å². The van der Waals surface area contributed by atoms with Crippen LogP contribution in [0.5, 0.6) is 0 Å². The molecule has 2 N–H and O–H groups in total. The van der Waals surface area contributed by atoms with Gasteiger partial charge in [0.1, 0.15) is 0 Å². The summed E-state index contributed by atoms with van der Waals surface area (Å²) in [6.45, 7) is 0.295. The average Bonchev–Trinajstić information content (AvgIpc) is 3.35. The van der Waals surface area contributed by atoms with Gasteiger partial charge in [0.05, 0.1) is 29.0 Å². The van der Waals surface area contributed by atoms with E-state index in [2.05, 4.69) is 10.6 Å². The number of nitrogens with one attached hydrogen (secondary N) is 2. The summed E-state index contributed by atoms with van der Waals surface area (Å²) in [6.07, 6.45) is 0. The van der Waals surface area contributed by atoms with Crippen LogP contribution in [0.4, 0.5) is 17.1 Å². The Bertz CT molecular complexity index is 1670. The summed E-state index contributed by atoms with van der Waals surface area (Å²) in [4.78, 5) is 41.1. The van der Waals surface area contributed by atoms with Crippen molar-refractivity contribution in [2.24, 2.45) is 7.05 Å². The Balaban J connectivity index is 1.58. The topological polar surface area (TPSA) is 99.8 Å². The van der Waals surface area contributed by atoms with Gasteiger partial charge in [0.2, 0.25) is 5.91 Å². The fourth-order valence-corrected chi connectivity index (χ4v) is 4.57. The second-order valence-corrected chi connectivity index (χ2v) is 9.80. The summed E-state index contributed by atoms with van der Waals surface area (Å²) >= 11 is 6.16. The smallest absolute Gasteiger partial charge is 0.408 e. The fraction of sp³-hybridized carbons (Fsp3) is 0.179. The van der Waals surface area contributed by atoms with Crippen LogP contribution in [0.15, 0.2) is 69.9 Å². The maximum Gasteiger partial charge on any atom is 0.419 e. The van der Waals surface area contributed by atoms with Crippen LogP contribution in [0.25, 0.3) is 22.4 Å². The first-order valence-corrected chi connectivity index (χ1v) is 12.2. The van der Waals surface area contributed by atoms with Gasteiger partial charge >= 0.3 is 5.76 Å². The molecule has 3 aromatic carbocycles. The molecule has 0 unspecified atom stereocenters. The number of aryl methyl sites for hydroxylation is 1. The predicted octanol–water partition coefficient (Wildman–Crippen LogP) is 4.24. The molecule has 1 aliphatic rings. The van der Waals surface area contributed by atoms with Crippen molar-refractivity contribution in [1.82, 2.24) is 9.47 Å². The van der Waals surface area contributed by atoms with E-state index < -0.39 is 5.76 Å². The van der Waals surface area contributed by atoms with Crippen molar-refractivity contribution < 1.29 is 14.0 Å². The number of fused-ring (bicyclic) bond motifs is 2. The van der Waals surface area contributed by atoms with Crippen molar-refractivity contribution in [3.05, 3.63) is 87.4 Å². The van der Waals surface area contributed by atoms with Crippen molar-refractivity contribution in [1.29, 1.82) is 0 Å². The Morgan fingerprint density at radius 3 is 2.47 bits per heavy atom. The standard InChI is InChI=1S/C28H26ClN5O4/c1-32(2)15-24(35)33(3)19-9-7-18(8-10-19)30-26(16-5-12-22-23(13-16)38-28(37)34(22)4)25-20-11-6-17(29)14-21(20)31-27(25)36/h5-14,30H,15H2,1-4H3,(H,31,36)/b26-25-. The molecule has 10 heteroatoms. The minimum atomic E-state index is -0.471. The molecular formula is C28H26ClN5O4. The molecule has 2 amide bonds. The second kappa shape index (κ2) is 9.85. The molecule has 0 saturated heterocycles. The summed E-state index contributed by atoms with van der Waals surface area (Å²) in [5.41, 5.74) is 5.40. The Morgan fingerprint density at radius 2 is 1.76 bits per heavy atom. The number of aromatic nitrogens is 1. The van der Waals surface area contributed by atoms with Crippen LogP contribution in [0.2, 0.25) is 5.02 Å². The SMILES string of the molecule is CN(C)CC(=O)N(C)c1ccc(N/C(=C2\C(=O)Nc3cc(Cl)ccc32)c2ccc3c(c2)oc(=O)n3C)cc1. The minimum absolute atomic E-state index is 0.0333. The van der Waals surface area contributed by atoms with Crippen molar-refractivity contribution in [3.8, 4) is 0 Å². The van der Waals surface area contributed by atoms with E-state index >= 15 is 0 Å². The lowest BCUT2D eigenvalue weighted by atomic mass is 9.99. The highest BCUT2D eigenvalue weighted by atomic mass is 35.5. The highest BCUT2D eigenvalue weighted by Crippen LogP contribution is 2.39. The van der Waals surface area contributed by atoms with Crippen molar-refractivity contribution in [2.75, 3.05) is 43.2 Å². The summed E-state index contributed by atoms with van der Waals surface area (Å²) in [6, 6.07) is 17.9. The van der Waals surface area contributed by atoms with E-state index in [1.54, 1.807) is 49.3 Å². The van der Waals surface area contributed by atoms with Crippen LogP contribution in [-0.2, 0) is 16.6 Å². The predicted molar refractivity (Wildman–Crippen MR) is 150 cm³/mol. The van der Waals surface area contributed by atoms with E-state index in [4.69, 9.17) is 16.0 Å². The Hall–Kier alpha value is -4.34. The van der Waals surface area contributed by atoms with Crippen LogP contribution in [0, 0.1) is 0 Å². The number of amides is 2. The van der Waals surface area contributed by atoms with Gasteiger partial charge in [-0.2, -0.15) is 0 Å². The van der Waals surface area contributed by atoms with Crippen LogP contribution < -0.4 is 21.3 Å². The quantitative estimate of drug-likeness (QED) is 0.361. The van der Waals surface area contributed by atoms with Crippen LogP contribution in [0.3, 0.4) is 0 Å². The largest absolute Gasteiger partial charge is 0.419 e. The molecule has 194 valence electrons. The first kappa shape index (κ1) is 25.3. The number of oxazole rings is 1. The van der Waals surface area contributed by atoms with Gasteiger partial charge in [0.25, 0.3) is 5.91 Å². The van der Waals surface area contributed by atoms with Gasteiger partial charge in [-0.1, -0.05) is 23.7 Å². The zero-order valence-corrected chi connectivity index (χ0v) is 22.1. The van der Waals surface area contributed by atoms with E-state index in [0.29, 0.717) is 56.4 Å². The molecule has 0 fully saturated rings. The number of hydrogen-bond acceptors (Lipinski definition) is 6. The number of carbonyl (C=O) groups excluding carboxylic acids is 2. The summed E-state index contributed by atoms with van der Waals surface area (Å²) in [5.74, 6) is -0.791. The number of halogens is 1. The highest BCUT2D eigenvalue weighted by Gasteiger charge is 2.29. The number of benzene rings is 3. The van der Waals surface area contributed by atoms with Crippen molar-refractivity contribution in [2.45, 2.75) is 0 Å². The van der Waals surface area contributed by atoms with Gasteiger partial charge < -0.3 is 24.9 Å². The molecule has 0 atom stereocenters. The van der Waals surface area contributed by atoms with Crippen LogP contribution in [-0.4, -0.2) is 49.0 Å². The third-order valence-electron chi connectivity index (χ3n) is 6.41. The Kier molecular flexibility index (Phi) is 6.56. The number of nitrogens with zero attached hydrogens (tertiary/aromatic N) is 3. The molecular weight excluding hydrogens is 506 g/mol. The van der Waals surface area contributed by atoms with Crippen LogP contribution in [0.1, 0.15) is 11.1 Å². The molecule has 0 aliphatic carbocycles. The van der Waals surface area contributed by atoms with Gasteiger partial charge in [0, 0.05) is 41.6 Å². The van der Waals surface area contributed by atoms with Gasteiger partial charge in [-0.25, -0.2) is 4.79 Å². The molecule has 0 spiro atoms. The van der Waals surface area contributed by atoms with E-state index in [0.717, 1.165) is 5.69 Å². The highest BCUT2D eigenvalue weighted by molar-refractivity contribution is 6.38. The molecule has 0 saturated carbocycles. The molecule has 4 aromatic rings. The maximum atomic E-state index is 13.2. The third-order valence-corrected chi connectivity index (χ3v) is 6.64. The summed E-state index contributed by atoms with van der Waals surface area (Å²) in [7, 11) is 7.06. The number of carbonyl (C=O) groups is 2. The lowest BCUT2D eigenvalue weighted by molar-refractivity contribution is -0.119. The second-order valence-electron chi connectivity index (χ2n) is 9.37. The first-order valence-electron chi connectivity index (χ1n) is 11.9. The summed E-state index contributed by atoms with van der Waals surface area (Å²) < 4.78 is 6.83. The number of rotatable bonds is 6. The zero-order valence-electron chi connectivity index (χ0n) is 21.3. The first-order chi connectivity index (χ1) is 18.1. The average molecular weight is 532 g/mol. The monoisotopic (exact) mass is 531 g/mol. The number of hydrogen-bond donors (Lipinski definition) is 2. The normalized spacial score (nSPS) is 14.0. The number of likely N-dealkylation sites (N-methyl/N-ethyl adjacent to an activating group) is 2. The molecule has 0 radical (unpaired) electrons. The summed E-state index contributed by atoms with van der Waals surface area (Å²) in [5, 5.41) is 6.77. The number of anilines is 3.